The van der Waals surface area contributed by atoms with Gasteiger partial charge in [0.25, 0.3) is 0 Å². The van der Waals surface area contributed by atoms with Crippen LogP contribution < -0.4 is 0 Å². The number of aromatic nitrogens is 3. The zero-order valence-electron chi connectivity index (χ0n) is 26.9. The molecule has 0 fully saturated rings. The Bertz CT molecular complexity index is 2950. The number of hydrogen-bond acceptors (Lipinski definition) is 4. The van der Waals surface area contributed by atoms with Crippen LogP contribution in [0.3, 0.4) is 0 Å². The summed E-state index contributed by atoms with van der Waals surface area (Å²) in [7, 11) is 0. The van der Waals surface area contributed by atoms with E-state index < -0.39 is 34.6 Å². The minimum absolute atomic E-state index is 0.212. The first-order valence-corrected chi connectivity index (χ1v) is 15.8. The highest BCUT2D eigenvalue weighted by Crippen LogP contribution is 2.42. The lowest BCUT2D eigenvalue weighted by molar-refractivity contribution is 0.381. The van der Waals surface area contributed by atoms with Gasteiger partial charge in [0.05, 0.1) is 64.0 Å². The number of nitrogens with zero attached hydrogens (tertiary/aromatic N) is 6. The second-order valence-electron chi connectivity index (χ2n) is 11.9. The van der Waals surface area contributed by atoms with Crippen molar-refractivity contribution in [1.82, 2.24) is 15.0 Å². The molecular formula is C42H17F5N6. The minimum Gasteiger partial charge on any atom is -0.247 e. The van der Waals surface area contributed by atoms with E-state index in [1.54, 1.807) is 84.9 Å². The Morgan fingerprint density at radius 1 is 0.509 bits per heavy atom. The second kappa shape index (κ2) is 12.6. The molecule has 2 heterocycles. The summed E-state index contributed by atoms with van der Waals surface area (Å²) in [6.45, 7) is 14.8. The molecule has 0 spiro atoms. The topological polar surface area (TPSA) is 71.2 Å². The van der Waals surface area contributed by atoms with Crippen LogP contribution >= 0.6 is 0 Å². The van der Waals surface area contributed by atoms with Crippen LogP contribution in [0.15, 0.2) is 103 Å². The molecule has 250 valence electrons. The highest BCUT2D eigenvalue weighted by Gasteiger charge is 2.27. The van der Waals surface area contributed by atoms with E-state index in [1.165, 1.54) is 18.2 Å². The van der Waals surface area contributed by atoms with Crippen molar-refractivity contribution in [3.63, 3.8) is 0 Å². The summed E-state index contributed by atoms with van der Waals surface area (Å²) in [6.07, 6.45) is 0. The van der Waals surface area contributed by atoms with Gasteiger partial charge in [0, 0.05) is 21.7 Å². The summed E-state index contributed by atoms with van der Waals surface area (Å²) in [5, 5.41) is 11.9. The molecule has 8 aromatic rings. The van der Waals surface area contributed by atoms with Crippen LogP contribution in [0.25, 0.3) is 87.3 Å². The fraction of sp³-hybridized carbons (Fsp3) is 0. The van der Waals surface area contributed by atoms with Crippen molar-refractivity contribution in [3.05, 3.63) is 161 Å². The molecule has 0 saturated carbocycles. The molecule has 6 aromatic carbocycles. The standard InChI is InChI=1S/C42H17F5N6/c1-49-26-14-10-21(11-15-26)40-41(22-12-16-27(50-2)17-13-22)53-42-30(52-40)19-25(20-48)31-28-8-3-4-9-29(28)51-39(33(31)42)24-7-5-6-23(18-24)32-34(43)36(45)38(47)37(46)35(32)44/h3-19H. The van der Waals surface area contributed by atoms with Crippen molar-refractivity contribution < 1.29 is 22.0 Å². The predicted octanol–water partition coefficient (Wildman–Crippen LogP) is 11.7. The van der Waals surface area contributed by atoms with Gasteiger partial charge in [-0.25, -0.2) is 46.6 Å². The summed E-state index contributed by atoms with van der Waals surface area (Å²) in [4.78, 5) is 22.0. The van der Waals surface area contributed by atoms with Crippen LogP contribution in [0.4, 0.5) is 33.3 Å². The van der Waals surface area contributed by atoms with Gasteiger partial charge in [-0.2, -0.15) is 5.26 Å². The second-order valence-corrected chi connectivity index (χ2v) is 11.9. The first kappa shape index (κ1) is 32.6. The third-order valence-corrected chi connectivity index (χ3v) is 8.90. The average Bonchev–Trinajstić information content (AvgIpc) is 3.21. The number of hydrogen-bond donors (Lipinski definition) is 0. The van der Waals surface area contributed by atoms with E-state index in [2.05, 4.69) is 15.8 Å². The highest BCUT2D eigenvalue weighted by atomic mass is 19.2. The van der Waals surface area contributed by atoms with Crippen LogP contribution in [0.2, 0.25) is 0 Å². The first-order chi connectivity index (χ1) is 25.7. The van der Waals surface area contributed by atoms with E-state index in [9.17, 15) is 18.4 Å². The fourth-order valence-corrected chi connectivity index (χ4v) is 6.43. The minimum atomic E-state index is -2.27. The number of benzene rings is 6. The molecule has 0 bridgehead atoms. The van der Waals surface area contributed by atoms with Crippen molar-refractivity contribution in [3.8, 4) is 51.0 Å². The van der Waals surface area contributed by atoms with Crippen LogP contribution in [0.5, 0.6) is 0 Å². The van der Waals surface area contributed by atoms with Crippen molar-refractivity contribution in [1.29, 1.82) is 5.26 Å². The summed E-state index contributed by atoms with van der Waals surface area (Å²) in [5.74, 6) is -10.4. The monoisotopic (exact) mass is 700 g/mol. The van der Waals surface area contributed by atoms with E-state index in [4.69, 9.17) is 28.1 Å². The van der Waals surface area contributed by atoms with Gasteiger partial charge in [-0.05, 0) is 34.9 Å². The van der Waals surface area contributed by atoms with Gasteiger partial charge in [0.1, 0.15) is 0 Å². The van der Waals surface area contributed by atoms with Gasteiger partial charge < -0.3 is 0 Å². The highest BCUT2D eigenvalue weighted by molar-refractivity contribution is 6.22. The Morgan fingerprint density at radius 2 is 1.06 bits per heavy atom. The third kappa shape index (κ3) is 5.26. The third-order valence-electron chi connectivity index (χ3n) is 8.90. The van der Waals surface area contributed by atoms with E-state index in [-0.39, 0.29) is 22.4 Å². The zero-order chi connectivity index (χ0) is 37.0. The summed E-state index contributed by atoms with van der Waals surface area (Å²) in [5.41, 5.74) is 3.24. The van der Waals surface area contributed by atoms with E-state index in [1.807, 2.05) is 0 Å². The molecule has 0 N–H and O–H groups in total. The van der Waals surface area contributed by atoms with Crippen LogP contribution in [0.1, 0.15) is 5.56 Å². The van der Waals surface area contributed by atoms with Crippen molar-refractivity contribution in [2.24, 2.45) is 0 Å². The molecule has 53 heavy (non-hydrogen) atoms. The van der Waals surface area contributed by atoms with E-state index >= 15 is 8.78 Å². The molecule has 0 unspecified atom stereocenters. The SMILES string of the molecule is [C-]#[N+]c1ccc(-c2nc3cc(C#N)c4c5ccccc5nc(-c5cccc(-c6c(F)c(F)c(F)c(F)c6F)c5)c4c3nc2-c2ccc([N+]#[C-])cc2)cc1. The number of para-hydroxylation sites is 1. The Kier molecular flexibility index (Phi) is 7.79. The van der Waals surface area contributed by atoms with E-state index in [0.717, 1.165) is 0 Å². The molecule has 0 amide bonds. The number of rotatable bonds is 4. The number of fused-ring (bicyclic) bond motifs is 5. The summed E-state index contributed by atoms with van der Waals surface area (Å²) in [6, 6.07) is 29.9. The van der Waals surface area contributed by atoms with Gasteiger partial charge in [0.15, 0.2) is 34.6 Å². The first-order valence-electron chi connectivity index (χ1n) is 15.8. The lowest BCUT2D eigenvalue weighted by atomic mass is 9.93. The van der Waals surface area contributed by atoms with Crippen LogP contribution in [-0.2, 0) is 0 Å². The molecule has 0 aliphatic heterocycles. The Balaban J connectivity index is 1.50. The Labute approximate surface area is 297 Å². The molecule has 0 aliphatic carbocycles. The molecular weight excluding hydrogens is 683 g/mol. The van der Waals surface area contributed by atoms with Gasteiger partial charge in [-0.1, -0.05) is 84.9 Å². The van der Waals surface area contributed by atoms with Gasteiger partial charge in [-0.15, -0.1) is 0 Å². The maximum atomic E-state index is 15.0. The summed E-state index contributed by atoms with van der Waals surface area (Å²) >= 11 is 0. The molecule has 0 aliphatic rings. The quantitative estimate of drug-likeness (QED) is 0.0602. The number of nitriles is 1. The Hall–Kier alpha value is -7.55. The summed E-state index contributed by atoms with van der Waals surface area (Å²) < 4.78 is 72.7. The Morgan fingerprint density at radius 3 is 1.66 bits per heavy atom. The van der Waals surface area contributed by atoms with Gasteiger partial charge >= 0.3 is 0 Å². The molecule has 0 saturated heterocycles. The molecule has 0 radical (unpaired) electrons. The smallest absolute Gasteiger partial charge is 0.200 e. The van der Waals surface area contributed by atoms with Crippen molar-refractivity contribution in [2.75, 3.05) is 0 Å². The van der Waals surface area contributed by atoms with E-state index in [0.29, 0.717) is 66.6 Å². The molecule has 6 nitrogen and oxygen atoms in total. The maximum Gasteiger partial charge on any atom is 0.200 e. The maximum absolute atomic E-state index is 15.0. The largest absolute Gasteiger partial charge is 0.247 e. The predicted molar refractivity (Wildman–Crippen MR) is 191 cm³/mol. The molecule has 8 rings (SSSR count). The lowest BCUT2D eigenvalue weighted by Gasteiger charge is -2.17. The number of pyridine rings is 1. The molecule has 0 atom stereocenters. The van der Waals surface area contributed by atoms with Crippen molar-refractivity contribution in [2.45, 2.75) is 0 Å². The number of halogens is 5. The van der Waals surface area contributed by atoms with Gasteiger partial charge in [-0.3, -0.25) is 0 Å². The normalized spacial score (nSPS) is 11.1. The van der Waals surface area contributed by atoms with Crippen LogP contribution in [-0.4, -0.2) is 15.0 Å². The lowest BCUT2D eigenvalue weighted by Crippen LogP contribution is -2.04. The molecule has 11 heteroatoms. The van der Waals surface area contributed by atoms with Crippen LogP contribution in [0, 0.1) is 53.6 Å². The van der Waals surface area contributed by atoms with Gasteiger partial charge in [0.2, 0.25) is 5.82 Å². The fourth-order valence-electron chi connectivity index (χ4n) is 6.43. The molecule has 2 aromatic heterocycles. The zero-order valence-corrected chi connectivity index (χ0v) is 26.9. The van der Waals surface area contributed by atoms with Crippen molar-refractivity contribution >= 4 is 44.1 Å². The average molecular weight is 701 g/mol.